The second-order valence-corrected chi connectivity index (χ2v) is 5.46. The van der Waals surface area contributed by atoms with Gasteiger partial charge >= 0.3 is 0 Å². The summed E-state index contributed by atoms with van der Waals surface area (Å²) in [5, 5.41) is 7.99. The number of benzene rings is 2. The van der Waals surface area contributed by atoms with Gasteiger partial charge < -0.3 is 9.84 Å². The lowest BCUT2D eigenvalue weighted by Gasteiger charge is -2.07. The zero-order chi connectivity index (χ0) is 15.2. The van der Waals surface area contributed by atoms with Crippen LogP contribution in [0.25, 0.3) is 21.3 Å². The number of hydrogen-bond donors (Lipinski definition) is 1. The van der Waals surface area contributed by atoms with Gasteiger partial charge in [0, 0.05) is 5.56 Å². The van der Waals surface area contributed by atoms with Gasteiger partial charge in [0.2, 0.25) is 0 Å². The topological polar surface area (TPSA) is 59.4 Å². The number of carboxylic acid groups (broad SMARTS) is 1. The minimum atomic E-state index is -0.250. The lowest BCUT2D eigenvalue weighted by molar-refractivity contribution is -0.122. The minimum Gasteiger partial charge on any atom is -0.496 e. The number of hydrogen-bond acceptors (Lipinski definition) is 4. The Bertz CT molecular complexity index is 752. The molecule has 0 radical (unpaired) electrons. The van der Waals surface area contributed by atoms with E-state index in [1.54, 1.807) is 18.4 Å². The lowest BCUT2D eigenvalue weighted by atomic mass is 10.0. The number of ether oxygens (including phenoxy) is 1. The molecule has 0 saturated carbocycles. The quantitative estimate of drug-likeness (QED) is 0.727. The summed E-state index contributed by atoms with van der Waals surface area (Å²) >= 11 is 1.72. The number of aromatic nitrogens is 1. The zero-order valence-electron chi connectivity index (χ0n) is 11.7. The molecule has 0 saturated heterocycles. The molecule has 0 amide bonds. The van der Waals surface area contributed by atoms with E-state index in [1.165, 1.54) is 4.70 Å². The summed E-state index contributed by atoms with van der Waals surface area (Å²) in [7, 11) is 1.70. The summed E-state index contributed by atoms with van der Waals surface area (Å²) in [5.74, 6) is 0.892. The van der Waals surface area contributed by atoms with Crippen molar-refractivity contribution in [2.45, 2.75) is 6.92 Å². The summed E-state index contributed by atoms with van der Waals surface area (Å²) < 4.78 is 6.63. The molecule has 2 aromatic carbocycles. The van der Waals surface area contributed by atoms with Crippen molar-refractivity contribution < 1.29 is 14.6 Å². The van der Waals surface area contributed by atoms with Crippen molar-refractivity contribution in [3.63, 3.8) is 0 Å². The Balaban J connectivity index is 0.000000497. The van der Waals surface area contributed by atoms with Crippen LogP contribution in [-0.4, -0.2) is 23.7 Å². The Hall–Kier alpha value is -2.40. The fraction of sp³-hybridized carbons (Fsp3) is 0.125. The van der Waals surface area contributed by atoms with E-state index in [4.69, 9.17) is 14.6 Å². The maximum Gasteiger partial charge on any atom is 0.290 e. The molecule has 5 heteroatoms. The first kappa shape index (κ1) is 15.0. The summed E-state index contributed by atoms with van der Waals surface area (Å²) in [6.45, 7) is 1.79. The van der Waals surface area contributed by atoms with Gasteiger partial charge in [-0.1, -0.05) is 24.3 Å². The van der Waals surface area contributed by atoms with Crippen molar-refractivity contribution in [3.05, 3.63) is 47.5 Å². The van der Waals surface area contributed by atoms with Crippen molar-refractivity contribution >= 4 is 28.0 Å². The highest BCUT2D eigenvalue weighted by Crippen LogP contribution is 2.32. The number of para-hydroxylation sites is 1. The molecule has 0 unspecified atom stereocenters. The van der Waals surface area contributed by atoms with Crippen LogP contribution in [0, 0.1) is 6.92 Å². The molecule has 4 nitrogen and oxygen atoms in total. The normalized spacial score (nSPS) is 9.81. The highest BCUT2D eigenvalue weighted by Gasteiger charge is 2.07. The van der Waals surface area contributed by atoms with Gasteiger partial charge in [0.25, 0.3) is 6.47 Å². The number of fused-ring (bicyclic) bond motifs is 1. The molecule has 0 fully saturated rings. The molecular weight excluding hydrogens is 286 g/mol. The molecule has 0 spiro atoms. The third-order valence-corrected chi connectivity index (χ3v) is 3.86. The fourth-order valence-electron chi connectivity index (χ4n) is 2.09. The van der Waals surface area contributed by atoms with Crippen LogP contribution in [0.5, 0.6) is 5.75 Å². The fourth-order valence-corrected chi connectivity index (χ4v) is 2.90. The summed E-state index contributed by atoms with van der Waals surface area (Å²) in [4.78, 5) is 12.9. The van der Waals surface area contributed by atoms with E-state index < -0.39 is 0 Å². The SMILES string of the molecule is COc1ccccc1-c1ccc2sc(C)nc2c1.O=CO. The molecule has 3 rings (SSSR count). The molecule has 0 aliphatic heterocycles. The van der Waals surface area contributed by atoms with Crippen LogP contribution in [0.15, 0.2) is 42.5 Å². The van der Waals surface area contributed by atoms with Gasteiger partial charge in [-0.15, -0.1) is 11.3 Å². The van der Waals surface area contributed by atoms with Crippen molar-refractivity contribution in [3.8, 4) is 16.9 Å². The van der Waals surface area contributed by atoms with E-state index >= 15 is 0 Å². The number of aryl methyl sites for hydroxylation is 1. The van der Waals surface area contributed by atoms with E-state index in [0.29, 0.717) is 0 Å². The van der Waals surface area contributed by atoms with E-state index in [2.05, 4.69) is 29.2 Å². The number of carbonyl (C=O) groups is 1. The monoisotopic (exact) mass is 301 g/mol. The van der Waals surface area contributed by atoms with E-state index in [9.17, 15) is 0 Å². The molecule has 108 valence electrons. The molecule has 1 N–H and O–H groups in total. The third-order valence-electron chi connectivity index (χ3n) is 2.91. The van der Waals surface area contributed by atoms with Crippen LogP contribution in [0.4, 0.5) is 0 Å². The number of nitrogens with zero attached hydrogens (tertiary/aromatic N) is 1. The molecule has 1 aromatic heterocycles. The van der Waals surface area contributed by atoms with Crippen LogP contribution in [-0.2, 0) is 4.79 Å². The first-order valence-electron chi connectivity index (χ1n) is 6.28. The van der Waals surface area contributed by atoms with Crippen LogP contribution in [0.2, 0.25) is 0 Å². The van der Waals surface area contributed by atoms with E-state index in [0.717, 1.165) is 27.4 Å². The average Bonchev–Trinajstić information content (AvgIpc) is 2.87. The van der Waals surface area contributed by atoms with Crippen LogP contribution < -0.4 is 4.74 Å². The first-order chi connectivity index (χ1) is 10.2. The molecule has 0 aliphatic carbocycles. The number of thiazole rings is 1. The van der Waals surface area contributed by atoms with Crippen LogP contribution in [0.3, 0.4) is 0 Å². The summed E-state index contributed by atoms with van der Waals surface area (Å²) in [5.41, 5.74) is 3.30. The predicted octanol–water partition coefficient (Wildman–Crippen LogP) is 3.98. The molecule has 3 aromatic rings. The molecule has 0 bridgehead atoms. The standard InChI is InChI=1S/C15H13NOS.CH2O2/c1-10-16-13-9-11(7-8-15(13)18-10)12-5-3-4-6-14(12)17-2;2-1-3/h3-9H,1-2H3;1H,(H,2,3). The average molecular weight is 301 g/mol. The Morgan fingerprint density at radius 3 is 2.67 bits per heavy atom. The molecule has 0 atom stereocenters. The molecule has 1 heterocycles. The minimum absolute atomic E-state index is 0.250. The number of methoxy groups -OCH3 is 1. The smallest absolute Gasteiger partial charge is 0.290 e. The Kier molecular flexibility index (Phi) is 4.90. The second-order valence-electron chi connectivity index (χ2n) is 4.22. The van der Waals surface area contributed by atoms with Crippen molar-refractivity contribution in [1.82, 2.24) is 4.98 Å². The van der Waals surface area contributed by atoms with Crippen LogP contribution >= 0.6 is 11.3 Å². The van der Waals surface area contributed by atoms with E-state index in [1.807, 2.05) is 25.1 Å². The maximum absolute atomic E-state index is 8.36. The predicted molar refractivity (Wildman–Crippen MR) is 85.0 cm³/mol. The van der Waals surface area contributed by atoms with Gasteiger partial charge in [0.15, 0.2) is 0 Å². The van der Waals surface area contributed by atoms with Gasteiger partial charge in [0.1, 0.15) is 5.75 Å². The van der Waals surface area contributed by atoms with Gasteiger partial charge in [-0.05, 0) is 30.7 Å². The second kappa shape index (κ2) is 6.85. The van der Waals surface area contributed by atoms with Gasteiger partial charge in [-0.2, -0.15) is 0 Å². The largest absolute Gasteiger partial charge is 0.496 e. The zero-order valence-corrected chi connectivity index (χ0v) is 12.6. The van der Waals surface area contributed by atoms with Gasteiger partial charge in [0.05, 0.1) is 22.3 Å². The highest BCUT2D eigenvalue weighted by atomic mass is 32.1. The highest BCUT2D eigenvalue weighted by molar-refractivity contribution is 7.18. The molecule has 21 heavy (non-hydrogen) atoms. The Morgan fingerprint density at radius 2 is 1.95 bits per heavy atom. The van der Waals surface area contributed by atoms with Crippen molar-refractivity contribution in [2.75, 3.05) is 7.11 Å². The van der Waals surface area contributed by atoms with Crippen molar-refractivity contribution in [2.24, 2.45) is 0 Å². The Morgan fingerprint density at radius 1 is 1.24 bits per heavy atom. The van der Waals surface area contributed by atoms with Crippen LogP contribution in [0.1, 0.15) is 5.01 Å². The first-order valence-corrected chi connectivity index (χ1v) is 7.09. The van der Waals surface area contributed by atoms with Gasteiger partial charge in [-0.3, -0.25) is 4.79 Å². The maximum atomic E-state index is 8.36. The Labute approximate surface area is 126 Å². The summed E-state index contributed by atoms with van der Waals surface area (Å²) in [6, 6.07) is 14.4. The van der Waals surface area contributed by atoms with Crippen molar-refractivity contribution in [1.29, 1.82) is 0 Å². The number of rotatable bonds is 2. The van der Waals surface area contributed by atoms with E-state index in [-0.39, 0.29) is 6.47 Å². The lowest BCUT2D eigenvalue weighted by Crippen LogP contribution is -1.87. The van der Waals surface area contributed by atoms with Gasteiger partial charge in [-0.25, -0.2) is 4.98 Å². The summed E-state index contributed by atoms with van der Waals surface area (Å²) in [6.07, 6.45) is 0. The molecule has 0 aliphatic rings. The molecular formula is C16H15NO3S. The third kappa shape index (κ3) is 3.38.